The molecule has 0 bridgehead atoms. The fourth-order valence-corrected chi connectivity index (χ4v) is 2.30. The molecule has 0 spiro atoms. The molecule has 16 heavy (non-hydrogen) atoms. The summed E-state index contributed by atoms with van der Waals surface area (Å²) < 4.78 is 7.31. The van der Waals surface area contributed by atoms with Crippen LogP contribution >= 0.6 is 0 Å². The predicted molar refractivity (Wildman–Crippen MR) is 59.7 cm³/mol. The van der Waals surface area contributed by atoms with Gasteiger partial charge < -0.3 is 4.74 Å². The minimum absolute atomic E-state index is 0.349. The van der Waals surface area contributed by atoms with Crippen LogP contribution in [-0.4, -0.2) is 23.0 Å². The van der Waals surface area contributed by atoms with Gasteiger partial charge in [-0.25, -0.2) is 0 Å². The second-order valence-corrected chi connectivity index (χ2v) is 4.63. The maximum Gasteiger partial charge on any atom is 0.0862 e. The Morgan fingerprint density at radius 2 is 2.50 bits per heavy atom. The SMILES string of the molecule is Cc1cc(CC2(C#N)CCCOC2)n(C)n1. The molecule has 1 atom stereocenters. The predicted octanol–water partition coefficient (Wildman–Crippen LogP) is 1.59. The van der Waals surface area contributed by atoms with Gasteiger partial charge in [0.2, 0.25) is 0 Å². The Hall–Kier alpha value is -1.34. The van der Waals surface area contributed by atoms with Crippen molar-refractivity contribution < 1.29 is 4.74 Å². The molecule has 1 aliphatic rings. The third-order valence-electron chi connectivity index (χ3n) is 3.18. The molecule has 0 aliphatic carbocycles. The van der Waals surface area contributed by atoms with E-state index in [4.69, 9.17) is 4.74 Å². The first-order valence-corrected chi connectivity index (χ1v) is 5.64. The molecule has 1 unspecified atom stereocenters. The van der Waals surface area contributed by atoms with Crippen molar-refractivity contribution >= 4 is 0 Å². The van der Waals surface area contributed by atoms with Gasteiger partial charge >= 0.3 is 0 Å². The molecule has 4 nitrogen and oxygen atoms in total. The minimum atomic E-state index is -0.349. The van der Waals surface area contributed by atoms with Crippen molar-refractivity contribution in [2.45, 2.75) is 26.2 Å². The normalized spacial score (nSPS) is 25.3. The summed E-state index contributed by atoms with van der Waals surface area (Å²) in [6.45, 7) is 3.31. The van der Waals surface area contributed by atoms with Crippen LogP contribution in [0.4, 0.5) is 0 Å². The highest BCUT2D eigenvalue weighted by atomic mass is 16.5. The third-order valence-corrected chi connectivity index (χ3v) is 3.18. The first kappa shape index (κ1) is 11.2. The largest absolute Gasteiger partial charge is 0.380 e. The summed E-state index contributed by atoms with van der Waals surface area (Å²) >= 11 is 0. The number of nitriles is 1. The smallest absolute Gasteiger partial charge is 0.0862 e. The van der Waals surface area contributed by atoms with Crippen LogP contribution < -0.4 is 0 Å². The summed E-state index contributed by atoms with van der Waals surface area (Å²) in [4.78, 5) is 0. The number of hydrogen-bond acceptors (Lipinski definition) is 3. The fraction of sp³-hybridized carbons (Fsp3) is 0.667. The molecular weight excluding hydrogens is 202 g/mol. The molecule has 1 aromatic heterocycles. The van der Waals surface area contributed by atoms with Gasteiger partial charge in [-0.1, -0.05) is 0 Å². The summed E-state index contributed by atoms with van der Waals surface area (Å²) in [7, 11) is 1.93. The first-order chi connectivity index (χ1) is 7.65. The summed E-state index contributed by atoms with van der Waals surface area (Å²) in [5.41, 5.74) is 1.77. The first-order valence-electron chi connectivity index (χ1n) is 5.64. The Bertz CT molecular complexity index is 410. The molecule has 1 saturated heterocycles. The van der Waals surface area contributed by atoms with Crippen molar-refractivity contribution in [3.63, 3.8) is 0 Å². The van der Waals surface area contributed by atoms with Gasteiger partial charge in [-0.3, -0.25) is 4.68 Å². The summed E-state index contributed by atoms with van der Waals surface area (Å²) in [6.07, 6.45) is 2.64. The van der Waals surface area contributed by atoms with Crippen LogP contribution in [0.3, 0.4) is 0 Å². The van der Waals surface area contributed by atoms with E-state index >= 15 is 0 Å². The lowest BCUT2D eigenvalue weighted by Crippen LogP contribution is -2.33. The lowest BCUT2D eigenvalue weighted by molar-refractivity contribution is 0.0215. The second-order valence-electron chi connectivity index (χ2n) is 4.63. The number of hydrogen-bond donors (Lipinski definition) is 0. The van der Waals surface area contributed by atoms with Crippen LogP contribution in [0.5, 0.6) is 0 Å². The van der Waals surface area contributed by atoms with Gasteiger partial charge in [-0.2, -0.15) is 10.4 Å². The lowest BCUT2D eigenvalue weighted by atomic mass is 9.80. The average Bonchev–Trinajstić information content (AvgIpc) is 2.59. The molecule has 0 radical (unpaired) electrons. The van der Waals surface area contributed by atoms with E-state index in [1.165, 1.54) is 0 Å². The number of aromatic nitrogens is 2. The second kappa shape index (κ2) is 4.26. The molecule has 4 heteroatoms. The maximum absolute atomic E-state index is 9.34. The zero-order valence-corrected chi connectivity index (χ0v) is 9.86. The lowest BCUT2D eigenvalue weighted by Gasteiger charge is -2.30. The zero-order chi connectivity index (χ0) is 11.6. The van der Waals surface area contributed by atoms with E-state index in [2.05, 4.69) is 11.2 Å². The Labute approximate surface area is 95.8 Å². The summed E-state index contributed by atoms with van der Waals surface area (Å²) in [5.74, 6) is 0. The number of aryl methyl sites for hydroxylation is 2. The minimum Gasteiger partial charge on any atom is -0.380 e. The molecule has 0 amide bonds. The molecule has 0 saturated carbocycles. The van der Waals surface area contributed by atoms with Crippen molar-refractivity contribution in [2.75, 3.05) is 13.2 Å². The highest BCUT2D eigenvalue weighted by molar-refractivity contribution is 5.15. The van der Waals surface area contributed by atoms with Crippen LogP contribution in [-0.2, 0) is 18.2 Å². The number of ether oxygens (including phenoxy) is 1. The molecular formula is C12H17N3O. The molecule has 1 fully saturated rings. The van der Waals surface area contributed by atoms with Crippen LogP contribution in [0.25, 0.3) is 0 Å². The summed E-state index contributed by atoms with van der Waals surface area (Å²) in [5, 5.41) is 13.6. The Morgan fingerprint density at radius 3 is 3.00 bits per heavy atom. The van der Waals surface area contributed by atoms with Gasteiger partial charge in [0, 0.05) is 25.8 Å². The monoisotopic (exact) mass is 219 g/mol. The molecule has 1 aliphatic heterocycles. The van der Waals surface area contributed by atoms with Gasteiger partial charge in [-0.05, 0) is 25.8 Å². The molecule has 2 heterocycles. The van der Waals surface area contributed by atoms with Gasteiger partial charge in [0.1, 0.15) is 0 Å². The quantitative estimate of drug-likeness (QED) is 0.759. The van der Waals surface area contributed by atoms with Crippen LogP contribution in [0, 0.1) is 23.7 Å². The topological polar surface area (TPSA) is 50.8 Å². The standard InChI is InChI=1S/C12H17N3O/c1-10-6-11(15(2)14-10)7-12(8-13)4-3-5-16-9-12/h6H,3-5,7,9H2,1-2H3. The Kier molecular flexibility index (Phi) is 2.97. The van der Waals surface area contributed by atoms with E-state index in [0.29, 0.717) is 6.61 Å². The molecule has 86 valence electrons. The molecule has 1 aromatic rings. The Balaban J connectivity index is 2.18. The summed E-state index contributed by atoms with van der Waals surface area (Å²) in [6, 6.07) is 4.49. The van der Waals surface area contributed by atoms with E-state index in [0.717, 1.165) is 37.3 Å². The van der Waals surface area contributed by atoms with E-state index in [9.17, 15) is 5.26 Å². The van der Waals surface area contributed by atoms with Crippen molar-refractivity contribution in [3.05, 3.63) is 17.5 Å². The van der Waals surface area contributed by atoms with Crippen LogP contribution in [0.15, 0.2) is 6.07 Å². The molecule has 0 aromatic carbocycles. The average molecular weight is 219 g/mol. The van der Waals surface area contributed by atoms with E-state index < -0.39 is 0 Å². The van der Waals surface area contributed by atoms with E-state index in [1.54, 1.807) is 0 Å². The van der Waals surface area contributed by atoms with Crippen molar-refractivity contribution in [3.8, 4) is 6.07 Å². The van der Waals surface area contributed by atoms with Gasteiger partial charge in [0.25, 0.3) is 0 Å². The van der Waals surface area contributed by atoms with Gasteiger partial charge in [0.15, 0.2) is 0 Å². The van der Waals surface area contributed by atoms with E-state index in [-0.39, 0.29) is 5.41 Å². The fourth-order valence-electron chi connectivity index (χ4n) is 2.30. The molecule has 2 rings (SSSR count). The Morgan fingerprint density at radius 1 is 1.69 bits per heavy atom. The highest BCUT2D eigenvalue weighted by Crippen LogP contribution is 2.31. The third kappa shape index (κ3) is 2.10. The van der Waals surface area contributed by atoms with Crippen LogP contribution in [0.2, 0.25) is 0 Å². The van der Waals surface area contributed by atoms with Crippen molar-refractivity contribution in [1.82, 2.24) is 9.78 Å². The van der Waals surface area contributed by atoms with Gasteiger partial charge in [0.05, 0.1) is 23.8 Å². The number of nitrogens with zero attached hydrogens (tertiary/aromatic N) is 3. The zero-order valence-electron chi connectivity index (χ0n) is 9.86. The van der Waals surface area contributed by atoms with Crippen molar-refractivity contribution in [1.29, 1.82) is 5.26 Å². The highest BCUT2D eigenvalue weighted by Gasteiger charge is 2.34. The van der Waals surface area contributed by atoms with Crippen LogP contribution in [0.1, 0.15) is 24.2 Å². The van der Waals surface area contributed by atoms with E-state index in [1.807, 2.05) is 24.7 Å². The van der Waals surface area contributed by atoms with Crippen molar-refractivity contribution in [2.24, 2.45) is 12.5 Å². The number of rotatable bonds is 2. The van der Waals surface area contributed by atoms with Gasteiger partial charge in [-0.15, -0.1) is 0 Å². The maximum atomic E-state index is 9.34. The molecule has 0 N–H and O–H groups in total.